The molecular formula is C18H14BrN3O3S. The number of anilines is 1. The standard InChI is InChI=1S/C18H14BrN3O3S/c1-11-9-14(7-8-15(11)19)21(2)18(23)16-10-26-17(20-16)12-3-5-13(6-4-12)22(24)25/h3-10H,1-2H3. The number of nitro benzene ring substituents is 1. The number of nitro groups is 1. The molecule has 0 aliphatic carbocycles. The molecule has 0 aliphatic heterocycles. The number of hydrogen-bond donors (Lipinski definition) is 0. The molecule has 0 atom stereocenters. The topological polar surface area (TPSA) is 76.3 Å². The summed E-state index contributed by atoms with van der Waals surface area (Å²) in [5, 5.41) is 13.1. The van der Waals surface area contributed by atoms with Crippen LogP contribution in [0.25, 0.3) is 10.6 Å². The van der Waals surface area contributed by atoms with E-state index < -0.39 is 4.92 Å². The molecule has 0 fully saturated rings. The number of carbonyl (C=O) groups is 1. The van der Waals surface area contributed by atoms with Crippen LogP contribution < -0.4 is 4.90 Å². The number of nitrogens with zero attached hydrogens (tertiary/aromatic N) is 3. The lowest BCUT2D eigenvalue weighted by Gasteiger charge is -2.17. The highest BCUT2D eigenvalue weighted by Crippen LogP contribution is 2.27. The van der Waals surface area contributed by atoms with E-state index in [0.29, 0.717) is 10.7 Å². The first kappa shape index (κ1) is 18.2. The van der Waals surface area contributed by atoms with Crippen LogP contribution in [0.2, 0.25) is 0 Å². The first-order valence-electron chi connectivity index (χ1n) is 7.61. The average Bonchev–Trinajstić information content (AvgIpc) is 3.13. The molecule has 6 nitrogen and oxygen atoms in total. The lowest BCUT2D eigenvalue weighted by atomic mass is 10.2. The van der Waals surface area contributed by atoms with Gasteiger partial charge in [0.2, 0.25) is 0 Å². The van der Waals surface area contributed by atoms with Gasteiger partial charge in [-0.1, -0.05) is 15.9 Å². The average molecular weight is 432 g/mol. The van der Waals surface area contributed by atoms with Gasteiger partial charge in [-0.05, 0) is 42.8 Å². The highest BCUT2D eigenvalue weighted by molar-refractivity contribution is 9.10. The second kappa shape index (κ2) is 7.35. The van der Waals surface area contributed by atoms with E-state index in [1.807, 2.05) is 25.1 Å². The summed E-state index contributed by atoms with van der Waals surface area (Å²) >= 11 is 4.77. The highest BCUT2D eigenvalue weighted by atomic mass is 79.9. The van der Waals surface area contributed by atoms with Crippen LogP contribution in [0.15, 0.2) is 52.3 Å². The number of hydrogen-bond acceptors (Lipinski definition) is 5. The van der Waals surface area contributed by atoms with Crippen molar-refractivity contribution < 1.29 is 9.72 Å². The monoisotopic (exact) mass is 431 g/mol. The highest BCUT2D eigenvalue weighted by Gasteiger charge is 2.18. The number of amides is 1. The van der Waals surface area contributed by atoms with E-state index >= 15 is 0 Å². The van der Waals surface area contributed by atoms with Crippen molar-refractivity contribution in [2.45, 2.75) is 6.92 Å². The quantitative estimate of drug-likeness (QED) is 0.426. The molecule has 3 aromatic rings. The van der Waals surface area contributed by atoms with Crippen molar-refractivity contribution in [2.75, 3.05) is 11.9 Å². The molecule has 2 aromatic carbocycles. The summed E-state index contributed by atoms with van der Waals surface area (Å²) < 4.78 is 0.983. The molecule has 8 heteroatoms. The van der Waals surface area contributed by atoms with Gasteiger partial charge in [0.05, 0.1) is 4.92 Å². The van der Waals surface area contributed by atoms with Crippen LogP contribution in [0.5, 0.6) is 0 Å². The van der Waals surface area contributed by atoms with Gasteiger partial charge in [-0.15, -0.1) is 11.3 Å². The van der Waals surface area contributed by atoms with Gasteiger partial charge in [0.15, 0.2) is 0 Å². The van der Waals surface area contributed by atoms with Crippen molar-refractivity contribution >= 4 is 44.5 Å². The lowest BCUT2D eigenvalue weighted by Crippen LogP contribution is -2.26. The van der Waals surface area contributed by atoms with Crippen molar-refractivity contribution in [2.24, 2.45) is 0 Å². The summed E-state index contributed by atoms with van der Waals surface area (Å²) in [4.78, 5) is 28.9. The van der Waals surface area contributed by atoms with Gasteiger partial charge in [0.1, 0.15) is 10.7 Å². The Balaban J connectivity index is 1.83. The van der Waals surface area contributed by atoms with Gasteiger partial charge in [0, 0.05) is 40.3 Å². The summed E-state index contributed by atoms with van der Waals surface area (Å²) in [6.45, 7) is 1.96. The molecule has 0 N–H and O–H groups in total. The van der Waals surface area contributed by atoms with Gasteiger partial charge < -0.3 is 4.90 Å². The predicted octanol–water partition coefficient (Wildman–Crippen LogP) is 5.07. The summed E-state index contributed by atoms with van der Waals surface area (Å²) in [7, 11) is 1.70. The van der Waals surface area contributed by atoms with E-state index in [9.17, 15) is 14.9 Å². The molecule has 1 amide bonds. The molecule has 1 aromatic heterocycles. The summed E-state index contributed by atoms with van der Waals surface area (Å²) in [6.07, 6.45) is 0. The first-order chi connectivity index (χ1) is 12.4. The molecular weight excluding hydrogens is 418 g/mol. The van der Waals surface area contributed by atoms with Crippen molar-refractivity contribution in [3.63, 3.8) is 0 Å². The maximum Gasteiger partial charge on any atom is 0.277 e. The molecule has 0 unspecified atom stereocenters. The van der Waals surface area contributed by atoms with E-state index in [4.69, 9.17) is 0 Å². The van der Waals surface area contributed by atoms with Crippen molar-refractivity contribution in [1.82, 2.24) is 4.98 Å². The van der Waals surface area contributed by atoms with Crippen LogP contribution in [0.3, 0.4) is 0 Å². The number of benzene rings is 2. The minimum absolute atomic E-state index is 0.0203. The molecule has 26 heavy (non-hydrogen) atoms. The molecule has 0 saturated carbocycles. The molecule has 0 saturated heterocycles. The Bertz CT molecular complexity index is 986. The van der Waals surface area contributed by atoms with Crippen LogP contribution >= 0.6 is 27.3 Å². The smallest absolute Gasteiger partial charge is 0.277 e. The third-order valence-electron chi connectivity index (χ3n) is 3.88. The Morgan fingerprint density at radius 1 is 1.23 bits per heavy atom. The third-order valence-corrected chi connectivity index (χ3v) is 5.66. The SMILES string of the molecule is Cc1cc(N(C)C(=O)c2csc(-c3ccc([N+](=O)[O-])cc3)n2)ccc1Br. The normalized spacial score (nSPS) is 10.6. The Kier molecular flexibility index (Phi) is 5.15. The molecule has 0 bridgehead atoms. The number of halogens is 1. The fourth-order valence-corrected chi connectivity index (χ4v) is 3.40. The lowest BCUT2D eigenvalue weighted by molar-refractivity contribution is -0.384. The van der Waals surface area contributed by atoms with Gasteiger partial charge >= 0.3 is 0 Å². The zero-order valence-electron chi connectivity index (χ0n) is 14.0. The zero-order valence-corrected chi connectivity index (χ0v) is 16.4. The van der Waals surface area contributed by atoms with Crippen molar-refractivity contribution in [1.29, 1.82) is 0 Å². The summed E-state index contributed by atoms with van der Waals surface area (Å²) in [5.41, 5.74) is 2.91. The summed E-state index contributed by atoms with van der Waals surface area (Å²) in [6, 6.07) is 11.8. The van der Waals surface area contributed by atoms with Crippen molar-refractivity contribution in [3.8, 4) is 10.6 Å². The molecule has 0 spiro atoms. The zero-order chi connectivity index (χ0) is 18.8. The van der Waals surface area contributed by atoms with E-state index in [1.54, 1.807) is 29.5 Å². The van der Waals surface area contributed by atoms with E-state index in [0.717, 1.165) is 21.3 Å². The van der Waals surface area contributed by atoms with E-state index in [-0.39, 0.29) is 11.6 Å². The molecule has 3 rings (SSSR count). The number of non-ortho nitro benzene ring substituents is 1. The maximum absolute atomic E-state index is 12.7. The van der Waals surface area contributed by atoms with E-state index in [1.165, 1.54) is 23.5 Å². The summed E-state index contributed by atoms with van der Waals surface area (Å²) in [5.74, 6) is -0.212. The third kappa shape index (κ3) is 3.66. The van der Waals surface area contributed by atoms with E-state index in [2.05, 4.69) is 20.9 Å². The number of aryl methyl sites for hydroxylation is 1. The van der Waals surface area contributed by atoms with Crippen LogP contribution in [-0.2, 0) is 0 Å². The van der Waals surface area contributed by atoms with Crippen LogP contribution in [-0.4, -0.2) is 22.9 Å². The van der Waals surface area contributed by atoms with Gasteiger partial charge in [0.25, 0.3) is 11.6 Å². The van der Waals surface area contributed by atoms with Crippen molar-refractivity contribution in [3.05, 3.63) is 73.7 Å². The Morgan fingerprint density at radius 3 is 2.54 bits per heavy atom. The fourth-order valence-electron chi connectivity index (χ4n) is 2.36. The van der Waals surface area contributed by atoms with Gasteiger partial charge in [-0.2, -0.15) is 0 Å². The molecule has 1 heterocycles. The Labute approximate surface area is 162 Å². The number of aromatic nitrogens is 1. The maximum atomic E-state index is 12.7. The fraction of sp³-hybridized carbons (Fsp3) is 0.111. The Morgan fingerprint density at radius 2 is 1.92 bits per heavy atom. The number of carbonyl (C=O) groups excluding carboxylic acids is 1. The van der Waals surface area contributed by atoms with Crippen LogP contribution in [0, 0.1) is 17.0 Å². The van der Waals surface area contributed by atoms with Crippen LogP contribution in [0.4, 0.5) is 11.4 Å². The second-order valence-electron chi connectivity index (χ2n) is 5.64. The predicted molar refractivity (Wildman–Crippen MR) is 106 cm³/mol. The number of rotatable bonds is 4. The molecule has 132 valence electrons. The minimum Gasteiger partial charge on any atom is -0.310 e. The molecule has 0 radical (unpaired) electrons. The number of thiazole rings is 1. The second-order valence-corrected chi connectivity index (χ2v) is 7.35. The van der Waals surface area contributed by atoms with Gasteiger partial charge in [-0.3, -0.25) is 14.9 Å². The largest absolute Gasteiger partial charge is 0.310 e. The Hall–Kier alpha value is -2.58. The minimum atomic E-state index is -0.449. The first-order valence-corrected chi connectivity index (χ1v) is 9.28. The van der Waals surface area contributed by atoms with Crippen LogP contribution in [0.1, 0.15) is 16.1 Å². The molecule has 0 aliphatic rings. The van der Waals surface area contributed by atoms with Gasteiger partial charge in [-0.25, -0.2) is 4.98 Å².